The Hall–Kier alpha value is -0.710. The van der Waals surface area contributed by atoms with Crippen LogP contribution in [0.15, 0.2) is 4.99 Å². The maximum atomic E-state index is 11.8. The van der Waals surface area contributed by atoms with Gasteiger partial charge in [0.2, 0.25) is 0 Å². The van der Waals surface area contributed by atoms with Gasteiger partial charge >= 0.3 is 5.97 Å². The van der Waals surface area contributed by atoms with Gasteiger partial charge in [-0.3, -0.25) is 0 Å². The van der Waals surface area contributed by atoms with Gasteiger partial charge in [-0.1, -0.05) is 32.5 Å². The van der Waals surface area contributed by atoms with Crippen molar-refractivity contribution in [2.24, 2.45) is 10.9 Å². The molecule has 19 heavy (non-hydrogen) atoms. The minimum absolute atomic E-state index is 0.0998. The molecule has 1 aliphatic heterocycles. The second kappa shape index (κ2) is 7.17. The number of nitrogens with zero attached hydrogens (tertiary/aromatic N) is 1. The average Bonchev–Trinajstić information content (AvgIpc) is 2.36. The number of esters is 1. The fourth-order valence-electron chi connectivity index (χ4n) is 1.99. The maximum absolute atomic E-state index is 11.8. The van der Waals surface area contributed by atoms with Crippen molar-refractivity contribution in [2.45, 2.75) is 58.5 Å². The lowest BCUT2D eigenvalue weighted by Crippen LogP contribution is -2.48. The second-order valence-corrected chi connectivity index (χ2v) is 6.82. The van der Waals surface area contributed by atoms with Crippen LogP contribution in [0.4, 0.5) is 0 Å². The van der Waals surface area contributed by atoms with Crippen LogP contribution in [0.25, 0.3) is 0 Å². The summed E-state index contributed by atoms with van der Waals surface area (Å²) in [5.74, 6) is 1.22. The van der Waals surface area contributed by atoms with Gasteiger partial charge in [0.1, 0.15) is 0 Å². The number of rotatable bonds is 5. The minimum Gasteiger partial charge on any atom is -0.467 e. The van der Waals surface area contributed by atoms with E-state index in [1.807, 2.05) is 0 Å². The van der Waals surface area contributed by atoms with Crippen LogP contribution < -0.4 is 5.32 Å². The highest BCUT2D eigenvalue weighted by molar-refractivity contribution is 8.13. The molecule has 110 valence electrons. The van der Waals surface area contributed by atoms with Crippen molar-refractivity contribution in [3.8, 4) is 0 Å². The van der Waals surface area contributed by atoms with Gasteiger partial charge in [0, 0.05) is 11.3 Å². The second-order valence-electron chi connectivity index (χ2n) is 5.74. The standard InChI is InChI=1S/C14H26N2O2S/c1-6-14(4)7-8-19-13(16-14)15-11(9-10(2)3)12(17)18-5/h10-11H,6-9H2,1-5H3,(H,15,16). The zero-order valence-electron chi connectivity index (χ0n) is 12.7. The third-order valence-electron chi connectivity index (χ3n) is 3.52. The molecule has 1 saturated heterocycles. The Morgan fingerprint density at radius 3 is 2.79 bits per heavy atom. The summed E-state index contributed by atoms with van der Waals surface area (Å²) in [6.07, 6.45) is 2.90. The van der Waals surface area contributed by atoms with Crippen molar-refractivity contribution in [1.82, 2.24) is 5.32 Å². The lowest BCUT2D eigenvalue weighted by atomic mass is 9.96. The Morgan fingerprint density at radius 1 is 1.58 bits per heavy atom. The molecule has 5 heteroatoms. The van der Waals surface area contributed by atoms with Crippen molar-refractivity contribution in [3.05, 3.63) is 0 Å². The molecule has 2 atom stereocenters. The van der Waals surface area contributed by atoms with Crippen LogP contribution in [-0.2, 0) is 9.53 Å². The fraction of sp³-hybridized carbons (Fsp3) is 0.857. The third kappa shape index (κ3) is 5.05. The molecule has 0 radical (unpaired) electrons. The summed E-state index contributed by atoms with van der Waals surface area (Å²) in [5, 5.41) is 4.35. The van der Waals surface area contributed by atoms with Crippen molar-refractivity contribution < 1.29 is 9.53 Å². The molecule has 0 bridgehead atoms. The molecule has 2 unspecified atom stereocenters. The van der Waals surface area contributed by atoms with Crippen molar-refractivity contribution in [3.63, 3.8) is 0 Å². The topological polar surface area (TPSA) is 50.7 Å². The maximum Gasteiger partial charge on any atom is 0.330 e. The number of nitrogens with one attached hydrogen (secondary N) is 1. The lowest BCUT2D eigenvalue weighted by molar-refractivity contribution is -0.142. The third-order valence-corrected chi connectivity index (χ3v) is 4.41. The first-order valence-corrected chi connectivity index (χ1v) is 7.95. The van der Waals surface area contributed by atoms with Crippen LogP contribution in [0, 0.1) is 5.92 Å². The lowest BCUT2D eigenvalue weighted by Gasteiger charge is -2.35. The number of carbonyl (C=O) groups is 1. The first kappa shape index (κ1) is 16.3. The van der Waals surface area contributed by atoms with Gasteiger partial charge in [0.25, 0.3) is 0 Å². The smallest absolute Gasteiger partial charge is 0.330 e. The molecule has 0 spiro atoms. The number of methoxy groups -OCH3 is 1. The van der Waals surface area contributed by atoms with Crippen LogP contribution in [0.3, 0.4) is 0 Å². The van der Waals surface area contributed by atoms with E-state index in [1.165, 1.54) is 7.11 Å². The van der Waals surface area contributed by atoms with E-state index in [0.29, 0.717) is 5.92 Å². The number of thioether (sulfide) groups is 1. The number of hydrogen-bond acceptors (Lipinski definition) is 4. The molecular weight excluding hydrogens is 260 g/mol. The van der Waals surface area contributed by atoms with Crippen molar-refractivity contribution in [1.29, 1.82) is 0 Å². The van der Waals surface area contributed by atoms with Gasteiger partial charge in [-0.2, -0.15) is 0 Å². The molecule has 0 aromatic carbocycles. The Labute approximate surface area is 120 Å². The predicted molar refractivity (Wildman–Crippen MR) is 81.6 cm³/mol. The van der Waals surface area contributed by atoms with E-state index in [-0.39, 0.29) is 17.6 Å². The van der Waals surface area contributed by atoms with E-state index in [4.69, 9.17) is 4.74 Å². The van der Waals surface area contributed by atoms with Crippen LogP contribution in [0.1, 0.15) is 47.0 Å². The van der Waals surface area contributed by atoms with Crippen LogP contribution in [0.5, 0.6) is 0 Å². The van der Waals surface area contributed by atoms with Gasteiger partial charge in [-0.05, 0) is 32.1 Å². The van der Waals surface area contributed by atoms with Gasteiger partial charge in [0.05, 0.1) is 7.11 Å². The molecule has 0 aliphatic carbocycles. The van der Waals surface area contributed by atoms with Crippen LogP contribution in [0.2, 0.25) is 0 Å². The summed E-state index contributed by atoms with van der Waals surface area (Å²) in [6, 6.07) is -0.390. The number of aliphatic imine (C=N–C) groups is 1. The fourth-order valence-corrected chi connectivity index (χ4v) is 3.26. The molecule has 4 nitrogen and oxygen atoms in total. The van der Waals surface area contributed by atoms with E-state index in [9.17, 15) is 4.79 Å². The van der Waals surface area contributed by atoms with E-state index in [0.717, 1.165) is 30.2 Å². The number of ether oxygens (including phenoxy) is 1. The van der Waals surface area contributed by atoms with Gasteiger partial charge in [-0.25, -0.2) is 9.79 Å². The number of carbonyl (C=O) groups excluding carboxylic acids is 1. The molecule has 0 aromatic rings. The van der Waals surface area contributed by atoms with E-state index < -0.39 is 0 Å². The predicted octanol–water partition coefficient (Wildman–Crippen LogP) is 2.83. The highest BCUT2D eigenvalue weighted by atomic mass is 32.2. The molecular formula is C14H26N2O2S. The molecule has 1 rings (SSSR count). The molecule has 0 amide bonds. The zero-order chi connectivity index (χ0) is 14.5. The molecule has 1 fully saturated rings. The van der Waals surface area contributed by atoms with Gasteiger partial charge < -0.3 is 10.1 Å². The quantitative estimate of drug-likeness (QED) is 0.790. The first-order chi connectivity index (χ1) is 8.90. The van der Waals surface area contributed by atoms with E-state index in [1.54, 1.807) is 11.8 Å². The molecule has 0 aromatic heterocycles. The summed E-state index contributed by atoms with van der Waals surface area (Å²) in [6.45, 7) is 8.56. The Morgan fingerprint density at radius 2 is 2.26 bits per heavy atom. The SMILES string of the molecule is CCC1(C)CCSC(=NC(CC(C)C)C(=O)OC)N1. The Bertz CT molecular complexity index is 344. The molecule has 1 heterocycles. The Kier molecular flexibility index (Phi) is 6.17. The summed E-state index contributed by atoms with van der Waals surface area (Å²) >= 11 is 1.70. The molecule has 1 aliphatic rings. The van der Waals surface area contributed by atoms with Gasteiger partial charge in [-0.15, -0.1) is 0 Å². The normalized spacial score (nSPS) is 27.2. The minimum atomic E-state index is -0.390. The molecule has 1 N–H and O–H groups in total. The summed E-state index contributed by atoms with van der Waals surface area (Å²) in [7, 11) is 1.42. The summed E-state index contributed by atoms with van der Waals surface area (Å²) in [5.41, 5.74) is 0.0998. The van der Waals surface area contributed by atoms with Crippen LogP contribution in [-0.4, -0.2) is 35.6 Å². The Balaban J connectivity index is 2.80. The monoisotopic (exact) mass is 286 g/mol. The van der Waals surface area contributed by atoms with Crippen molar-refractivity contribution in [2.75, 3.05) is 12.9 Å². The highest BCUT2D eigenvalue weighted by Gasteiger charge is 2.29. The zero-order valence-corrected chi connectivity index (χ0v) is 13.5. The largest absolute Gasteiger partial charge is 0.467 e. The first-order valence-electron chi connectivity index (χ1n) is 6.97. The van der Waals surface area contributed by atoms with Crippen LogP contribution >= 0.6 is 11.8 Å². The van der Waals surface area contributed by atoms with E-state index >= 15 is 0 Å². The molecule has 0 saturated carbocycles. The number of amidine groups is 1. The summed E-state index contributed by atoms with van der Waals surface area (Å²) < 4.78 is 4.85. The van der Waals surface area contributed by atoms with Gasteiger partial charge in [0.15, 0.2) is 11.2 Å². The number of hydrogen-bond donors (Lipinski definition) is 1. The summed E-state index contributed by atoms with van der Waals surface area (Å²) in [4.78, 5) is 16.4. The van der Waals surface area contributed by atoms with Crippen molar-refractivity contribution >= 4 is 22.9 Å². The average molecular weight is 286 g/mol. The van der Waals surface area contributed by atoms with E-state index in [2.05, 4.69) is 38.0 Å². The highest BCUT2D eigenvalue weighted by Crippen LogP contribution is 2.25.